The van der Waals surface area contributed by atoms with E-state index in [1.165, 1.54) is 0 Å². The minimum Gasteiger partial charge on any atom is -0.294 e. The van der Waals surface area contributed by atoms with Crippen molar-refractivity contribution in [1.29, 1.82) is 0 Å². The molecule has 0 rings (SSSR count). The Balaban J connectivity index is 4.03. The van der Waals surface area contributed by atoms with E-state index in [-0.39, 0.29) is 30.1 Å². The highest BCUT2D eigenvalue weighted by atomic mass is 16.2. The van der Waals surface area contributed by atoms with E-state index in [9.17, 15) is 14.4 Å². The molecule has 0 saturated heterocycles. The lowest BCUT2D eigenvalue weighted by Gasteiger charge is -2.14. The van der Waals surface area contributed by atoms with E-state index in [1.807, 2.05) is 10.9 Å². The topological polar surface area (TPSA) is 165 Å². The highest BCUT2D eigenvalue weighted by Gasteiger charge is 2.18. The van der Waals surface area contributed by atoms with Crippen LogP contribution in [-0.2, 0) is 14.4 Å². The van der Waals surface area contributed by atoms with Crippen molar-refractivity contribution in [2.45, 2.75) is 38.5 Å². The predicted octanol–water partition coefficient (Wildman–Crippen LogP) is -2.09. The molecule has 0 spiro atoms. The van der Waals surface area contributed by atoms with Crippen LogP contribution in [0.5, 0.6) is 0 Å². The maximum absolute atomic E-state index is 11.5. The van der Waals surface area contributed by atoms with Crippen LogP contribution in [0.15, 0.2) is 0 Å². The van der Waals surface area contributed by atoms with Crippen molar-refractivity contribution < 1.29 is 14.4 Å². The molecule has 0 aliphatic rings. The standard InChI is InChI=1S/C10H22N6O3/c11-14-8(17)4-2-1-3-7(10(19)16-13)5-6-9(18)15-12/h7H,1-6,11-13H2,(H,14,17)(H,15,18)(H,16,19). The Morgan fingerprint density at radius 3 is 1.89 bits per heavy atom. The molecule has 0 aliphatic heterocycles. The summed E-state index contributed by atoms with van der Waals surface area (Å²) >= 11 is 0. The van der Waals surface area contributed by atoms with Crippen molar-refractivity contribution in [1.82, 2.24) is 16.3 Å². The van der Waals surface area contributed by atoms with Crippen molar-refractivity contribution in [3.05, 3.63) is 0 Å². The molecule has 9 N–H and O–H groups in total. The number of hydrogen-bond donors (Lipinski definition) is 6. The summed E-state index contributed by atoms with van der Waals surface area (Å²) in [4.78, 5) is 33.4. The molecule has 19 heavy (non-hydrogen) atoms. The van der Waals surface area contributed by atoms with E-state index in [0.717, 1.165) is 0 Å². The number of amides is 3. The van der Waals surface area contributed by atoms with Crippen LogP contribution in [0.4, 0.5) is 0 Å². The predicted molar refractivity (Wildman–Crippen MR) is 68.2 cm³/mol. The number of hydrazine groups is 3. The summed E-state index contributed by atoms with van der Waals surface area (Å²) < 4.78 is 0. The highest BCUT2D eigenvalue weighted by molar-refractivity contribution is 5.80. The van der Waals surface area contributed by atoms with Crippen molar-refractivity contribution in [3.8, 4) is 0 Å². The van der Waals surface area contributed by atoms with Crippen LogP contribution in [0.1, 0.15) is 38.5 Å². The molecule has 0 aromatic heterocycles. The molecule has 0 saturated carbocycles. The SMILES string of the molecule is NNC(=O)CCCCC(CCC(=O)NN)C(=O)NN. The second-order valence-electron chi connectivity index (χ2n) is 4.12. The van der Waals surface area contributed by atoms with Crippen LogP contribution in [0.2, 0.25) is 0 Å². The third-order valence-electron chi connectivity index (χ3n) is 2.76. The van der Waals surface area contributed by atoms with Crippen LogP contribution in [0.3, 0.4) is 0 Å². The fourth-order valence-corrected chi connectivity index (χ4v) is 1.65. The molecule has 3 amide bonds. The molecule has 1 unspecified atom stereocenters. The summed E-state index contributed by atoms with van der Waals surface area (Å²) in [5.41, 5.74) is 6.09. The largest absolute Gasteiger partial charge is 0.294 e. The fraction of sp³-hybridized carbons (Fsp3) is 0.700. The third-order valence-corrected chi connectivity index (χ3v) is 2.76. The van der Waals surface area contributed by atoms with E-state index in [4.69, 9.17) is 17.5 Å². The molecule has 0 radical (unpaired) electrons. The van der Waals surface area contributed by atoms with Crippen molar-refractivity contribution in [2.75, 3.05) is 0 Å². The molecular formula is C10H22N6O3. The molecule has 0 fully saturated rings. The third kappa shape index (κ3) is 8.08. The first kappa shape index (κ1) is 17.3. The molecule has 0 aromatic rings. The van der Waals surface area contributed by atoms with Crippen LogP contribution < -0.4 is 33.8 Å². The molecule has 1 atom stereocenters. The minimum absolute atomic E-state index is 0.151. The van der Waals surface area contributed by atoms with Crippen LogP contribution in [0, 0.1) is 5.92 Å². The van der Waals surface area contributed by atoms with E-state index in [2.05, 4.69) is 5.43 Å². The van der Waals surface area contributed by atoms with Gasteiger partial charge in [-0.1, -0.05) is 6.42 Å². The lowest BCUT2D eigenvalue weighted by molar-refractivity contribution is -0.126. The number of carbonyl (C=O) groups excluding carboxylic acids is 3. The molecule has 0 aromatic carbocycles. The number of hydrogen-bond acceptors (Lipinski definition) is 6. The molecule has 0 heterocycles. The van der Waals surface area contributed by atoms with Gasteiger partial charge in [0.2, 0.25) is 17.7 Å². The number of unbranched alkanes of at least 4 members (excludes halogenated alkanes) is 1. The van der Waals surface area contributed by atoms with Crippen LogP contribution in [0.25, 0.3) is 0 Å². The van der Waals surface area contributed by atoms with Crippen LogP contribution >= 0.6 is 0 Å². The van der Waals surface area contributed by atoms with E-state index >= 15 is 0 Å². The van der Waals surface area contributed by atoms with Gasteiger partial charge in [-0.15, -0.1) is 0 Å². The zero-order valence-corrected chi connectivity index (χ0v) is 10.8. The maximum atomic E-state index is 11.5. The van der Waals surface area contributed by atoms with E-state index in [0.29, 0.717) is 32.1 Å². The summed E-state index contributed by atoms with van der Waals surface area (Å²) in [5.74, 6) is 13.7. The molecule has 0 bridgehead atoms. The molecule has 0 aliphatic carbocycles. The fourth-order valence-electron chi connectivity index (χ4n) is 1.65. The van der Waals surface area contributed by atoms with E-state index in [1.54, 1.807) is 0 Å². The molecule has 9 nitrogen and oxygen atoms in total. The maximum Gasteiger partial charge on any atom is 0.236 e. The van der Waals surface area contributed by atoms with Crippen molar-refractivity contribution >= 4 is 17.7 Å². The number of nitrogens with two attached hydrogens (primary N) is 3. The second-order valence-corrected chi connectivity index (χ2v) is 4.12. The quantitative estimate of drug-likeness (QED) is 0.122. The summed E-state index contributed by atoms with van der Waals surface area (Å²) in [6, 6.07) is 0. The van der Waals surface area contributed by atoms with Gasteiger partial charge < -0.3 is 0 Å². The molecular weight excluding hydrogens is 252 g/mol. The zero-order chi connectivity index (χ0) is 14.7. The highest BCUT2D eigenvalue weighted by Crippen LogP contribution is 2.15. The average Bonchev–Trinajstić information content (AvgIpc) is 2.44. The van der Waals surface area contributed by atoms with Gasteiger partial charge in [0.25, 0.3) is 0 Å². The van der Waals surface area contributed by atoms with Crippen LogP contribution in [-0.4, -0.2) is 17.7 Å². The first-order chi connectivity index (χ1) is 9.04. The minimum atomic E-state index is -0.372. The van der Waals surface area contributed by atoms with Gasteiger partial charge in [0.1, 0.15) is 0 Å². The normalized spacial score (nSPS) is 11.5. The summed E-state index contributed by atoms with van der Waals surface area (Å²) in [5, 5.41) is 0. The Bertz CT molecular complexity index is 310. The second kappa shape index (κ2) is 10.2. The van der Waals surface area contributed by atoms with Gasteiger partial charge >= 0.3 is 0 Å². The van der Waals surface area contributed by atoms with Gasteiger partial charge in [0, 0.05) is 18.8 Å². The Kier molecular flexibility index (Phi) is 9.31. The van der Waals surface area contributed by atoms with Gasteiger partial charge in [-0.05, 0) is 19.3 Å². The smallest absolute Gasteiger partial charge is 0.236 e. The van der Waals surface area contributed by atoms with Crippen molar-refractivity contribution in [3.63, 3.8) is 0 Å². The summed E-state index contributed by atoms with van der Waals surface area (Å²) in [6.45, 7) is 0. The summed E-state index contributed by atoms with van der Waals surface area (Å²) in [7, 11) is 0. The first-order valence-electron chi connectivity index (χ1n) is 6.04. The monoisotopic (exact) mass is 274 g/mol. The van der Waals surface area contributed by atoms with E-state index < -0.39 is 0 Å². The van der Waals surface area contributed by atoms with Gasteiger partial charge in [0.05, 0.1) is 0 Å². The van der Waals surface area contributed by atoms with Gasteiger partial charge in [-0.2, -0.15) is 0 Å². The lowest BCUT2D eigenvalue weighted by Crippen LogP contribution is -2.37. The Morgan fingerprint density at radius 2 is 1.37 bits per heavy atom. The number of nitrogens with one attached hydrogen (secondary N) is 3. The lowest BCUT2D eigenvalue weighted by atomic mass is 9.95. The molecule has 9 heteroatoms. The Hall–Kier alpha value is -1.71. The van der Waals surface area contributed by atoms with Gasteiger partial charge in [0.15, 0.2) is 0 Å². The van der Waals surface area contributed by atoms with Gasteiger partial charge in [-0.3, -0.25) is 30.7 Å². The summed E-state index contributed by atoms with van der Waals surface area (Å²) in [6.07, 6.45) is 2.62. The Morgan fingerprint density at radius 1 is 0.789 bits per heavy atom. The number of carbonyl (C=O) groups is 3. The Labute approximate surface area is 111 Å². The number of rotatable bonds is 9. The first-order valence-corrected chi connectivity index (χ1v) is 6.04. The van der Waals surface area contributed by atoms with Crippen molar-refractivity contribution in [2.24, 2.45) is 23.4 Å². The van der Waals surface area contributed by atoms with Gasteiger partial charge in [-0.25, -0.2) is 17.5 Å². The zero-order valence-electron chi connectivity index (χ0n) is 10.8. The average molecular weight is 274 g/mol. The molecule has 110 valence electrons.